The summed E-state index contributed by atoms with van der Waals surface area (Å²) >= 11 is 0. The molecule has 0 atom stereocenters. The Labute approximate surface area is 137 Å². The second-order valence-corrected chi connectivity index (χ2v) is 6.30. The van der Waals surface area contributed by atoms with E-state index in [9.17, 15) is 9.59 Å². The van der Waals surface area contributed by atoms with Gasteiger partial charge in [-0.15, -0.1) is 0 Å². The summed E-state index contributed by atoms with van der Waals surface area (Å²) in [5.41, 5.74) is 0.643. The minimum atomic E-state index is -0.0555. The van der Waals surface area contributed by atoms with E-state index >= 15 is 0 Å². The summed E-state index contributed by atoms with van der Waals surface area (Å²) in [6.45, 7) is 4.05. The van der Waals surface area contributed by atoms with Crippen LogP contribution in [0.15, 0.2) is 24.3 Å². The third kappa shape index (κ3) is 4.03. The second-order valence-electron chi connectivity index (χ2n) is 6.30. The van der Waals surface area contributed by atoms with Crippen LogP contribution in [0.3, 0.4) is 0 Å². The number of benzene rings is 1. The average molecular weight is 316 g/mol. The molecule has 23 heavy (non-hydrogen) atoms. The Kier molecular flexibility index (Phi) is 4.84. The summed E-state index contributed by atoms with van der Waals surface area (Å²) in [6.07, 6.45) is 3.77. The van der Waals surface area contributed by atoms with E-state index in [0.717, 1.165) is 44.5 Å². The van der Waals surface area contributed by atoms with Crippen molar-refractivity contribution < 1.29 is 14.3 Å². The summed E-state index contributed by atoms with van der Waals surface area (Å²) in [6, 6.07) is 7.35. The lowest BCUT2D eigenvalue weighted by Gasteiger charge is -2.32. The number of amides is 2. The smallest absolute Gasteiger partial charge is 0.251 e. The lowest BCUT2D eigenvalue weighted by molar-refractivity contribution is -0.133. The Balaban J connectivity index is 1.47. The van der Waals surface area contributed by atoms with Gasteiger partial charge in [-0.1, -0.05) is 0 Å². The molecule has 1 saturated carbocycles. The van der Waals surface area contributed by atoms with Gasteiger partial charge < -0.3 is 15.0 Å². The van der Waals surface area contributed by atoms with Crippen molar-refractivity contribution in [3.63, 3.8) is 0 Å². The van der Waals surface area contributed by atoms with Crippen LogP contribution in [0.5, 0.6) is 5.75 Å². The number of carbonyl (C=O) groups is 2. The maximum absolute atomic E-state index is 12.3. The topological polar surface area (TPSA) is 58.6 Å². The zero-order chi connectivity index (χ0) is 16.2. The van der Waals surface area contributed by atoms with Crippen LogP contribution in [0.2, 0.25) is 0 Å². The molecule has 2 fully saturated rings. The lowest BCUT2D eigenvalue weighted by atomic mass is 10.0. The van der Waals surface area contributed by atoms with Gasteiger partial charge >= 0.3 is 0 Å². The highest BCUT2D eigenvalue weighted by Gasteiger charge is 2.35. The van der Waals surface area contributed by atoms with Crippen LogP contribution in [0.4, 0.5) is 0 Å². The van der Waals surface area contributed by atoms with Crippen LogP contribution in [0.1, 0.15) is 43.0 Å². The number of carbonyl (C=O) groups excluding carboxylic acids is 2. The number of hydrogen-bond donors (Lipinski definition) is 1. The van der Waals surface area contributed by atoms with Crippen molar-refractivity contribution in [3.05, 3.63) is 29.8 Å². The summed E-state index contributed by atoms with van der Waals surface area (Å²) in [7, 11) is 0. The van der Waals surface area contributed by atoms with Crippen LogP contribution >= 0.6 is 0 Å². The van der Waals surface area contributed by atoms with E-state index in [-0.39, 0.29) is 17.9 Å². The van der Waals surface area contributed by atoms with Gasteiger partial charge in [-0.2, -0.15) is 0 Å². The molecular weight excluding hydrogens is 292 g/mol. The van der Waals surface area contributed by atoms with E-state index in [1.165, 1.54) is 0 Å². The Morgan fingerprint density at radius 3 is 2.35 bits per heavy atom. The SMILES string of the molecule is CCOc1ccc(C(=O)NC2CCN(C(=O)C3CC3)CC2)cc1. The van der Waals surface area contributed by atoms with E-state index in [4.69, 9.17) is 4.74 Å². The minimum absolute atomic E-state index is 0.0555. The largest absolute Gasteiger partial charge is 0.494 e. The summed E-state index contributed by atoms with van der Waals surface area (Å²) < 4.78 is 5.38. The van der Waals surface area contributed by atoms with Gasteiger partial charge in [0.1, 0.15) is 5.75 Å². The van der Waals surface area contributed by atoms with Gasteiger partial charge in [-0.05, 0) is 56.9 Å². The van der Waals surface area contributed by atoms with E-state index in [2.05, 4.69) is 5.32 Å². The summed E-state index contributed by atoms with van der Waals surface area (Å²) in [5, 5.41) is 3.07. The first-order valence-corrected chi connectivity index (χ1v) is 8.50. The number of nitrogens with one attached hydrogen (secondary N) is 1. The molecule has 1 N–H and O–H groups in total. The number of piperidine rings is 1. The number of hydrogen-bond acceptors (Lipinski definition) is 3. The molecule has 2 aliphatic rings. The molecule has 124 valence electrons. The fourth-order valence-corrected chi connectivity index (χ4v) is 2.97. The fourth-order valence-electron chi connectivity index (χ4n) is 2.97. The molecule has 1 aromatic carbocycles. The predicted molar refractivity (Wildman–Crippen MR) is 87.4 cm³/mol. The highest BCUT2D eigenvalue weighted by Crippen LogP contribution is 2.31. The summed E-state index contributed by atoms with van der Waals surface area (Å²) in [5.74, 6) is 1.31. The third-order valence-electron chi connectivity index (χ3n) is 4.50. The number of nitrogens with zero attached hydrogens (tertiary/aromatic N) is 1. The maximum atomic E-state index is 12.3. The molecule has 0 aromatic heterocycles. The molecule has 3 rings (SSSR count). The Morgan fingerprint density at radius 1 is 1.13 bits per heavy atom. The normalized spacial score (nSPS) is 18.6. The van der Waals surface area contributed by atoms with Crippen LogP contribution in [0.25, 0.3) is 0 Å². The van der Waals surface area contributed by atoms with E-state index < -0.39 is 0 Å². The molecule has 2 amide bonds. The number of likely N-dealkylation sites (tertiary alicyclic amines) is 1. The summed E-state index contributed by atoms with van der Waals surface area (Å²) in [4.78, 5) is 26.3. The van der Waals surface area contributed by atoms with Crippen LogP contribution in [-0.4, -0.2) is 42.5 Å². The third-order valence-corrected chi connectivity index (χ3v) is 4.50. The van der Waals surface area contributed by atoms with E-state index in [0.29, 0.717) is 18.1 Å². The highest BCUT2D eigenvalue weighted by molar-refractivity contribution is 5.94. The zero-order valence-corrected chi connectivity index (χ0v) is 13.6. The molecule has 1 saturated heterocycles. The fraction of sp³-hybridized carbons (Fsp3) is 0.556. The van der Waals surface area contributed by atoms with E-state index in [1.54, 1.807) is 12.1 Å². The molecule has 0 spiro atoms. The van der Waals surface area contributed by atoms with Gasteiger partial charge in [-0.3, -0.25) is 9.59 Å². The lowest BCUT2D eigenvalue weighted by Crippen LogP contribution is -2.47. The predicted octanol–water partition coefficient (Wildman–Crippen LogP) is 2.22. The molecule has 1 aliphatic carbocycles. The first-order chi connectivity index (χ1) is 11.2. The minimum Gasteiger partial charge on any atom is -0.494 e. The zero-order valence-electron chi connectivity index (χ0n) is 13.6. The second kappa shape index (κ2) is 7.02. The molecule has 5 heteroatoms. The Hall–Kier alpha value is -2.04. The molecule has 1 heterocycles. The van der Waals surface area contributed by atoms with Gasteiger partial charge in [0.25, 0.3) is 5.91 Å². The maximum Gasteiger partial charge on any atom is 0.251 e. The van der Waals surface area contributed by atoms with Crippen LogP contribution < -0.4 is 10.1 Å². The molecule has 0 unspecified atom stereocenters. The number of ether oxygens (including phenoxy) is 1. The van der Waals surface area contributed by atoms with Gasteiger partial charge in [0.2, 0.25) is 5.91 Å². The highest BCUT2D eigenvalue weighted by atomic mass is 16.5. The van der Waals surface area contributed by atoms with Crippen LogP contribution in [-0.2, 0) is 4.79 Å². The number of rotatable bonds is 5. The molecule has 0 bridgehead atoms. The molecule has 0 radical (unpaired) electrons. The first kappa shape index (κ1) is 15.8. The Bertz CT molecular complexity index is 558. The quantitative estimate of drug-likeness (QED) is 0.906. The van der Waals surface area contributed by atoms with Crippen molar-refractivity contribution in [2.24, 2.45) is 5.92 Å². The van der Waals surface area contributed by atoms with E-state index in [1.807, 2.05) is 24.0 Å². The first-order valence-electron chi connectivity index (χ1n) is 8.50. The monoisotopic (exact) mass is 316 g/mol. The van der Waals surface area contributed by atoms with Gasteiger partial charge in [-0.25, -0.2) is 0 Å². The van der Waals surface area contributed by atoms with Crippen molar-refractivity contribution >= 4 is 11.8 Å². The van der Waals surface area contributed by atoms with Gasteiger partial charge in [0.05, 0.1) is 6.61 Å². The Morgan fingerprint density at radius 2 is 1.78 bits per heavy atom. The standard InChI is InChI=1S/C18H24N2O3/c1-2-23-16-7-5-13(6-8-16)17(21)19-15-9-11-20(12-10-15)18(22)14-3-4-14/h5-8,14-15H,2-4,9-12H2,1H3,(H,19,21). The van der Waals surface area contributed by atoms with Crippen molar-refractivity contribution in [1.82, 2.24) is 10.2 Å². The van der Waals surface area contributed by atoms with Gasteiger partial charge in [0, 0.05) is 30.6 Å². The molecule has 1 aromatic rings. The molecule has 1 aliphatic heterocycles. The molecular formula is C18H24N2O3. The molecule has 5 nitrogen and oxygen atoms in total. The van der Waals surface area contributed by atoms with Crippen molar-refractivity contribution in [1.29, 1.82) is 0 Å². The van der Waals surface area contributed by atoms with Crippen LogP contribution in [0, 0.1) is 5.92 Å². The van der Waals surface area contributed by atoms with Crippen molar-refractivity contribution in [3.8, 4) is 5.75 Å². The van der Waals surface area contributed by atoms with Crippen molar-refractivity contribution in [2.45, 2.75) is 38.6 Å². The van der Waals surface area contributed by atoms with Gasteiger partial charge in [0.15, 0.2) is 0 Å². The van der Waals surface area contributed by atoms with Crippen molar-refractivity contribution in [2.75, 3.05) is 19.7 Å². The average Bonchev–Trinajstić information content (AvgIpc) is 3.41.